The molecule has 1 aliphatic rings. The van der Waals surface area contributed by atoms with E-state index in [1.807, 2.05) is 16.9 Å². The van der Waals surface area contributed by atoms with E-state index < -0.39 is 0 Å². The Morgan fingerprint density at radius 3 is 2.52 bits per heavy atom. The largest absolute Gasteiger partial charge is 0.358 e. The fourth-order valence-electron chi connectivity index (χ4n) is 4.02. The Bertz CT molecular complexity index is 1020. The molecule has 0 unspecified atom stereocenters. The minimum Gasteiger partial charge on any atom is -0.358 e. The van der Waals surface area contributed by atoms with Gasteiger partial charge in [0.05, 0.1) is 17.6 Å². The molecule has 1 aliphatic heterocycles. The quantitative estimate of drug-likeness (QED) is 0.599. The molecule has 1 aromatic carbocycles. The van der Waals surface area contributed by atoms with E-state index in [1.165, 1.54) is 11.3 Å². The van der Waals surface area contributed by atoms with Gasteiger partial charge in [0.2, 0.25) is 0 Å². The van der Waals surface area contributed by atoms with Crippen LogP contribution >= 0.6 is 12.2 Å². The molecule has 1 N–H and O–H groups in total. The van der Waals surface area contributed by atoms with Gasteiger partial charge in [-0.3, -0.25) is 9.58 Å². The van der Waals surface area contributed by atoms with Crippen molar-refractivity contribution in [3.63, 3.8) is 0 Å². The van der Waals surface area contributed by atoms with Crippen LogP contribution in [0.5, 0.6) is 0 Å². The molecule has 0 amide bonds. The summed E-state index contributed by atoms with van der Waals surface area (Å²) in [6, 6.07) is 10.3. The maximum atomic E-state index is 5.63. The monoisotopic (exact) mass is 437 g/mol. The normalized spacial score (nSPS) is 14.7. The number of para-hydroxylation sites is 1. The molecule has 8 heteroatoms. The third-order valence-corrected chi connectivity index (χ3v) is 6.34. The van der Waals surface area contributed by atoms with Crippen molar-refractivity contribution >= 4 is 17.3 Å². The first-order chi connectivity index (χ1) is 15.0. The van der Waals surface area contributed by atoms with Crippen LogP contribution in [-0.2, 0) is 19.6 Å². The first kappa shape index (κ1) is 21.5. The van der Waals surface area contributed by atoms with Crippen molar-refractivity contribution in [1.82, 2.24) is 34.7 Å². The summed E-state index contributed by atoms with van der Waals surface area (Å²) in [4.78, 5) is 4.76. The highest BCUT2D eigenvalue weighted by atomic mass is 32.1. The Morgan fingerprint density at radius 1 is 1.10 bits per heavy atom. The molecule has 7 nitrogen and oxygen atoms in total. The van der Waals surface area contributed by atoms with E-state index in [0.29, 0.717) is 0 Å². The molecule has 0 spiro atoms. The van der Waals surface area contributed by atoms with Crippen molar-refractivity contribution in [2.75, 3.05) is 26.2 Å². The van der Waals surface area contributed by atoms with Gasteiger partial charge < -0.3 is 10.2 Å². The minimum absolute atomic E-state index is 0.718. The third kappa shape index (κ3) is 4.97. The summed E-state index contributed by atoms with van der Waals surface area (Å²) < 4.78 is 3.99. The molecule has 3 heterocycles. The summed E-state index contributed by atoms with van der Waals surface area (Å²) in [5.41, 5.74) is 5.92. The van der Waals surface area contributed by atoms with Gasteiger partial charge in [0.25, 0.3) is 0 Å². The molecule has 0 radical (unpaired) electrons. The molecule has 3 aromatic rings. The fraction of sp³-hybridized carbons (Fsp3) is 0.435. The number of thiocarbonyl (C=S) groups is 1. The lowest BCUT2D eigenvalue weighted by Gasteiger charge is -2.36. The molecule has 0 bridgehead atoms. The number of aromatic nitrogens is 4. The van der Waals surface area contributed by atoms with Gasteiger partial charge in [0.1, 0.15) is 0 Å². The predicted molar refractivity (Wildman–Crippen MR) is 127 cm³/mol. The molecule has 1 saturated heterocycles. The van der Waals surface area contributed by atoms with Gasteiger partial charge in [-0.15, -0.1) is 0 Å². The highest BCUT2D eigenvalue weighted by Crippen LogP contribution is 2.20. The van der Waals surface area contributed by atoms with Crippen LogP contribution in [0, 0.1) is 13.8 Å². The van der Waals surface area contributed by atoms with Crippen LogP contribution in [0.2, 0.25) is 0 Å². The maximum absolute atomic E-state index is 5.63. The average Bonchev–Trinajstić information content (AvgIpc) is 3.38. The molecule has 4 rings (SSSR count). The van der Waals surface area contributed by atoms with Crippen LogP contribution in [0.15, 0.2) is 42.7 Å². The maximum Gasteiger partial charge on any atom is 0.169 e. The zero-order chi connectivity index (χ0) is 21.8. The first-order valence-electron chi connectivity index (χ1n) is 10.9. The van der Waals surface area contributed by atoms with Gasteiger partial charge >= 0.3 is 0 Å². The number of hydrogen-bond donors (Lipinski definition) is 1. The van der Waals surface area contributed by atoms with Gasteiger partial charge in [0, 0.05) is 68.8 Å². The molecular weight excluding hydrogens is 406 g/mol. The Kier molecular flexibility index (Phi) is 6.67. The van der Waals surface area contributed by atoms with E-state index in [4.69, 9.17) is 17.3 Å². The van der Waals surface area contributed by atoms with E-state index in [0.717, 1.165) is 67.9 Å². The Morgan fingerprint density at radius 2 is 1.84 bits per heavy atom. The molecule has 2 aromatic heterocycles. The number of nitrogens with zero attached hydrogens (tertiary/aromatic N) is 6. The Hall–Kier alpha value is -2.71. The van der Waals surface area contributed by atoms with Gasteiger partial charge in [-0.2, -0.15) is 10.2 Å². The van der Waals surface area contributed by atoms with Crippen LogP contribution in [0.25, 0.3) is 5.69 Å². The first-order valence-corrected chi connectivity index (χ1v) is 11.3. The van der Waals surface area contributed by atoms with Crippen LogP contribution in [-0.4, -0.2) is 60.7 Å². The number of nitrogens with one attached hydrogen (secondary N) is 1. The summed E-state index contributed by atoms with van der Waals surface area (Å²) in [5, 5.41) is 13.3. The molecule has 1 fully saturated rings. The van der Waals surface area contributed by atoms with E-state index in [1.54, 1.807) is 0 Å². The van der Waals surface area contributed by atoms with E-state index in [-0.39, 0.29) is 0 Å². The second kappa shape index (κ2) is 9.62. The third-order valence-electron chi connectivity index (χ3n) is 5.94. The zero-order valence-electron chi connectivity index (χ0n) is 18.6. The lowest BCUT2D eigenvalue weighted by molar-refractivity contribution is 0.174. The molecule has 31 heavy (non-hydrogen) atoms. The summed E-state index contributed by atoms with van der Waals surface area (Å²) >= 11 is 5.63. The van der Waals surface area contributed by atoms with E-state index >= 15 is 0 Å². The predicted octanol–water partition coefficient (Wildman–Crippen LogP) is 2.90. The lowest BCUT2D eigenvalue weighted by Crippen LogP contribution is -2.51. The van der Waals surface area contributed by atoms with Gasteiger partial charge in [-0.25, -0.2) is 4.68 Å². The van der Waals surface area contributed by atoms with Gasteiger partial charge in [0.15, 0.2) is 5.11 Å². The van der Waals surface area contributed by atoms with Gasteiger partial charge in [-0.05, 0) is 45.1 Å². The smallest absolute Gasteiger partial charge is 0.169 e. The van der Waals surface area contributed by atoms with Crippen LogP contribution in [0.3, 0.4) is 0 Å². The Balaban J connectivity index is 1.30. The molecular formula is C23H31N7S. The second-order valence-electron chi connectivity index (χ2n) is 8.02. The number of hydrogen-bond acceptors (Lipinski definition) is 4. The number of benzene rings is 1. The molecule has 0 aliphatic carbocycles. The van der Waals surface area contributed by atoms with Crippen molar-refractivity contribution in [3.05, 3.63) is 65.2 Å². The summed E-state index contributed by atoms with van der Waals surface area (Å²) in [6.07, 6.45) is 3.96. The highest BCUT2D eigenvalue weighted by molar-refractivity contribution is 7.80. The Labute approximate surface area is 189 Å². The SMILES string of the molecule is CCn1cc(CNC(=S)N2CCN(Cc3c(C)nn(-c4ccccc4)c3C)CC2)cn1. The number of rotatable bonds is 6. The number of aryl methyl sites for hydroxylation is 2. The fourth-order valence-corrected chi connectivity index (χ4v) is 4.27. The van der Waals surface area contributed by atoms with Gasteiger partial charge in [-0.1, -0.05) is 18.2 Å². The van der Waals surface area contributed by atoms with Crippen molar-refractivity contribution in [2.24, 2.45) is 0 Å². The topological polar surface area (TPSA) is 54.2 Å². The summed E-state index contributed by atoms with van der Waals surface area (Å²) in [5.74, 6) is 0. The summed E-state index contributed by atoms with van der Waals surface area (Å²) in [6.45, 7) is 12.7. The van der Waals surface area contributed by atoms with E-state index in [2.05, 4.69) is 76.1 Å². The van der Waals surface area contributed by atoms with Crippen molar-refractivity contribution in [3.8, 4) is 5.69 Å². The second-order valence-corrected chi connectivity index (χ2v) is 8.41. The van der Waals surface area contributed by atoms with Crippen molar-refractivity contribution in [2.45, 2.75) is 40.4 Å². The standard InChI is InChI=1S/C23H31N7S/c1-4-29-16-20(15-25-29)14-24-23(31)28-12-10-27(11-13-28)17-22-18(2)26-30(19(22)3)21-8-6-5-7-9-21/h5-9,15-16H,4,10-14,17H2,1-3H3,(H,24,31). The van der Waals surface area contributed by atoms with Crippen LogP contribution in [0.1, 0.15) is 29.4 Å². The zero-order valence-corrected chi connectivity index (χ0v) is 19.4. The highest BCUT2D eigenvalue weighted by Gasteiger charge is 2.22. The molecule has 164 valence electrons. The van der Waals surface area contributed by atoms with E-state index in [9.17, 15) is 0 Å². The minimum atomic E-state index is 0.718. The van der Waals surface area contributed by atoms with Crippen molar-refractivity contribution < 1.29 is 0 Å². The average molecular weight is 438 g/mol. The molecule has 0 saturated carbocycles. The summed E-state index contributed by atoms with van der Waals surface area (Å²) in [7, 11) is 0. The van der Waals surface area contributed by atoms with Crippen molar-refractivity contribution in [1.29, 1.82) is 0 Å². The van der Waals surface area contributed by atoms with Crippen LogP contribution in [0.4, 0.5) is 0 Å². The molecule has 0 atom stereocenters. The number of piperazine rings is 1. The lowest BCUT2D eigenvalue weighted by atomic mass is 10.1. The van der Waals surface area contributed by atoms with Crippen LogP contribution < -0.4 is 5.32 Å².